The van der Waals surface area contributed by atoms with Crippen molar-refractivity contribution >= 4 is 27.7 Å². The number of pyridine rings is 1. The van der Waals surface area contributed by atoms with Crippen LogP contribution in [0, 0.1) is 11.6 Å². The van der Waals surface area contributed by atoms with Crippen LogP contribution in [0.2, 0.25) is 0 Å². The summed E-state index contributed by atoms with van der Waals surface area (Å²) in [6.45, 7) is -0.526. The third kappa shape index (κ3) is 7.02. The van der Waals surface area contributed by atoms with E-state index < -0.39 is 65.6 Å². The van der Waals surface area contributed by atoms with Crippen LogP contribution in [0.25, 0.3) is 11.3 Å². The van der Waals surface area contributed by atoms with Crippen molar-refractivity contribution in [3.8, 4) is 11.3 Å². The molecule has 0 fully saturated rings. The van der Waals surface area contributed by atoms with Crippen LogP contribution in [0.1, 0.15) is 47.6 Å². The SMILES string of the molecule is Cn1cc(-c2cc(C(F)(F)F)nn2CC(C)(C)NC(=O)[C@@H](Cc2cnn(C(F)F)c2)N2CCc3c(Br)ccc(F)c3C2=O)cc(F)c1=O. The number of nitrogens with one attached hydrogen (secondary N) is 1. The average molecular weight is 746 g/mol. The van der Waals surface area contributed by atoms with E-state index in [-0.39, 0.29) is 41.8 Å². The van der Waals surface area contributed by atoms with E-state index in [1.165, 1.54) is 27.0 Å². The van der Waals surface area contributed by atoms with E-state index in [4.69, 9.17) is 0 Å². The number of hydrogen-bond acceptors (Lipinski definition) is 5. The van der Waals surface area contributed by atoms with Gasteiger partial charge in [0.2, 0.25) is 5.91 Å². The molecule has 48 heavy (non-hydrogen) atoms. The Kier molecular flexibility index (Phi) is 9.33. The van der Waals surface area contributed by atoms with Gasteiger partial charge in [0.15, 0.2) is 11.5 Å². The Labute approximate surface area is 276 Å². The lowest BCUT2D eigenvalue weighted by atomic mass is 9.95. The van der Waals surface area contributed by atoms with Crippen molar-refractivity contribution in [2.75, 3.05) is 6.54 Å². The smallest absolute Gasteiger partial charge is 0.348 e. The number of hydrogen-bond donors (Lipinski definition) is 1. The Morgan fingerprint density at radius 2 is 1.79 bits per heavy atom. The third-order valence-electron chi connectivity index (χ3n) is 7.76. The predicted molar refractivity (Wildman–Crippen MR) is 160 cm³/mol. The summed E-state index contributed by atoms with van der Waals surface area (Å²) in [5, 5.41) is 9.92. The van der Waals surface area contributed by atoms with Gasteiger partial charge in [-0.05, 0) is 55.7 Å². The maximum absolute atomic E-state index is 14.9. The number of alkyl halides is 5. The molecule has 5 rings (SSSR count). The van der Waals surface area contributed by atoms with Gasteiger partial charge < -0.3 is 14.8 Å². The maximum Gasteiger partial charge on any atom is 0.435 e. The first kappa shape index (κ1) is 34.8. The average Bonchev–Trinajstić information content (AvgIpc) is 3.64. The van der Waals surface area contributed by atoms with Crippen molar-refractivity contribution in [1.29, 1.82) is 0 Å². The van der Waals surface area contributed by atoms with Crippen LogP contribution in [-0.4, -0.2) is 59.0 Å². The fourth-order valence-electron chi connectivity index (χ4n) is 5.55. The van der Waals surface area contributed by atoms with Gasteiger partial charge >= 0.3 is 12.7 Å². The molecule has 1 aliphatic rings. The highest BCUT2D eigenvalue weighted by Crippen LogP contribution is 2.33. The number of rotatable bonds is 9. The molecule has 1 aromatic carbocycles. The van der Waals surface area contributed by atoms with Crippen LogP contribution in [0.3, 0.4) is 0 Å². The third-order valence-corrected chi connectivity index (χ3v) is 8.50. The van der Waals surface area contributed by atoms with Gasteiger partial charge in [-0.1, -0.05) is 15.9 Å². The molecular formula is C30H27BrF7N7O3. The zero-order valence-electron chi connectivity index (χ0n) is 25.5. The Bertz CT molecular complexity index is 1930. The Balaban J connectivity index is 1.49. The lowest BCUT2D eigenvalue weighted by Crippen LogP contribution is -2.58. The first-order valence-corrected chi connectivity index (χ1v) is 15.1. The summed E-state index contributed by atoms with van der Waals surface area (Å²) in [6, 6.07) is 2.59. The highest BCUT2D eigenvalue weighted by molar-refractivity contribution is 9.10. The van der Waals surface area contributed by atoms with E-state index in [9.17, 15) is 45.1 Å². The monoisotopic (exact) mass is 745 g/mol. The summed E-state index contributed by atoms with van der Waals surface area (Å²) in [4.78, 5) is 40.6. The van der Waals surface area contributed by atoms with E-state index in [2.05, 4.69) is 31.4 Å². The van der Waals surface area contributed by atoms with Crippen molar-refractivity contribution in [1.82, 2.24) is 34.3 Å². The van der Waals surface area contributed by atoms with Crippen LogP contribution in [0.5, 0.6) is 0 Å². The number of fused-ring (bicyclic) bond motifs is 1. The quantitative estimate of drug-likeness (QED) is 0.240. The van der Waals surface area contributed by atoms with Gasteiger partial charge in [-0.15, -0.1) is 0 Å². The number of halogens is 8. The van der Waals surface area contributed by atoms with Crippen molar-refractivity contribution < 1.29 is 40.3 Å². The number of amides is 2. The zero-order chi connectivity index (χ0) is 35.3. The maximum atomic E-state index is 14.9. The number of aryl methyl sites for hydroxylation is 1. The molecule has 0 spiro atoms. The van der Waals surface area contributed by atoms with Gasteiger partial charge in [0.05, 0.1) is 29.5 Å². The number of carbonyl (C=O) groups is 2. The van der Waals surface area contributed by atoms with Crippen LogP contribution in [-0.2, 0) is 37.4 Å². The van der Waals surface area contributed by atoms with Crippen LogP contribution < -0.4 is 10.9 Å². The highest BCUT2D eigenvalue weighted by Gasteiger charge is 2.40. The summed E-state index contributed by atoms with van der Waals surface area (Å²) in [7, 11) is 1.22. The van der Waals surface area contributed by atoms with E-state index in [0.29, 0.717) is 20.8 Å². The van der Waals surface area contributed by atoms with E-state index in [1.54, 1.807) is 0 Å². The fraction of sp³-hybridized carbons (Fsp3) is 0.367. The molecule has 2 amide bonds. The molecule has 1 aliphatic heterocycles. The molecule has 4 aromatic rings. The summed E-state index contributed by atoms with van der Waals surface area (Å²) in [5.74, 6) is -3.68. The summed E-state index contributed by atoms with van der Waals surface area (Å²) in [5.41, 5.74) is -3.74. The topological polar surface area (TPSA) is 107 Å². The fourth-order valence-corrected chi connectivity index (χ4v) is 6.08. The number of benzene rings is 1. The molecule has 0 unspecified atom stereocenters. The minimum atomic E-state index is -4.89. The van der Waals surface area contributed by atoms with Gasteiger partial charge in [-0.2, -0.15) is 32.1 Å². The molecule has 1 N–H and O–H groups in total. The number of carbonyl (C=O) groups excluding carboxylic acids is 2. The van der Waals surface area contributed by atoms with E-state index >= 15 is 0 Å². The van der Waals surface area contributed by atoms with Crippen LogP contribution in [0.4, 0.5) is 30.7 Å². The molecule has 0 bridgehead atoms. The second-order valence-electron chi connectivity index (χ2n) is 11.9. The molecule has 0 aliphatic carbocycles. The van der Waals surface area contributed by atoms with Crippen molar-refractivity contribution in [3.63, 3.8) is 0 Å². The molecule has 256 valence electrons. The van der Waals surface area contributed by atoms with Gasteiger partial charge in [0.1, 0.15) is 11.9 Å². The molecule has 4 heterocycles. The van der Waals surface area contributed by atoms with E-state index in [1.807, 2.05) is 0 Å². The first-order valence-electron chi connectivity index (χ1n) is 14.3. The Morgan fingerprint density at radius 1 is 1.08 bits per heavy atom. The lowest BCUT2D eigenvalue weighted by Gasteiger charge is -2.37. The molecule has 18 heteroatoms. The second-order valence-corrected chi connectivity index (χ2v) is 12.7. The van der Waals surface area contributed by atoms with E-state index in [0.717, 1.165) is 44.9 Å². The Hall–Kier alpha value is -4.48. The van der Waals surface area contributed by atoms with Crippen molar-refractivity contribution in [2.24, 2.45) is 7.05 Å². The second kappa shape index (κ2) is 12.9. The largest absolute Gasteiger partial charge is 0.435 e. The zero-order valence-corrected chi connectivity index (χ0v) is 27.0. The van der Waals surface area contributed by atoms with Crippen molar-refractivity contribution in [2.45, 2.75) is 57.5 Å². The first-order chi connectivity index (χ1) is 22.4. The minimum Gasteiger partial charge on any atom is -0.348 e. The Morgan fingerprint density at radius 3 is 2.42 bits per heavy atom. The molecule has 10 nitrogen and oxygen atoms in total. The van der Waals surface area contributed by atoms with Crippen molar-refractivity contribution in [3.05, 3.63) is 91.7 Å². The number of nitrogens with zero attached hydrogens (tertiary/aromatic N) is 6. The lowest BCUT2D eigenvalue weighted by molar-refractivity contribution is -0.141. The van der Waals surface area contributed by atoms with Gasteiger partial charge in [0.25, 0.3) is 11.5 Å². The molecule has 3 aromatic heterocycles. The normalized spacial score (nSPS) is 14.4. The standard InChI is InChI=1S/C30H27BrF7N7O3/c1-29(2,14-45-21(10-23(41-45)30(36,37)38)16-9-20(33)26(47)42(3)13-16)40-25(46)22(8-15-11-39-44(12-15)28(34)35)43-7-6-17-18(31)4-5-19(32)24(17)27(43)48/h4-5,9-13,22,28H,6-8,14H2,1-3H3,(H,40,46)/t22-/m1/s1. The summed E-state index contributed by atoms with van der Waals surface area (Å²) in [6.07, 6.45) is -1.83. The molecule has 0 saturated heterocycles. The summed E-state index contributed by atoms with van der Waals surface area (Å²) < 4.78 is 99.6. The molecule has 0 saturated carbocycles. The highest BCUT2D eigenvalue weighted by atomic mass is 79.9. The summed E-state index contributed by atoms with van der Waals surface area (Å²) >= 11 is 3.30. The minimum absolute atomic E-state index is 0.0497. The number of aromatic nitrogens is 5. The molecule has 0 radical (unpaired) electrons. The van der Waals surface area contributed by atoms with Crippen LogP contribution >= 0.6 is 15.9 Å². The van der Waals surface area contributed by atoms with Gasteiger partial charge in [-0.25, -0.2) is 13.5 Å². The van der Waals surface area contributed by atoms with Gasteiger partial charge in [-0.3, -0.25) is 19.1 Å². The molecular weight excluding hydrogens is 719 g/mol. The van der Waals surface area contributed by atoms with Gasteiger partial charge in [0, 0.05) is 42.4 Å². The van der Waals surface area contributed by atoms with Crippen LogP contribution in [0.15, 0.2) is 52.1 Å². The predicted octanol–water partition coefficient (Wildman–Crippen LogP) is 5.10. The molecule has 1 atom stereocenters.